The Hall–Kier alpha value is -0.353. The lowest BCUT2D eigenvalue weighted by molar-refractivity contribution is -0.119. The molecular weight excluding hydrogens is 182 g/mol. The van der Waals surface area contributed by atoms with Crippen LogP contribution in [0, 0.1) is 0 Å². The Kier molecular flexibility index (Phi) is 5.25. The second-order valence-electron chi connectivity index (χ2n) is 4.23. The van der Waals surface area contributed by atoms with E-state index in [9.17, 15) is 4.79 Å². The molecule has 0 aromatic rings. The van der Waals surface area contributed by atoms with Gasteiger partial charge < -0.3 is 9.74 Å². The Labute approximate surface area is 82.0 Å². The van der Waals surface area contributed by atoms with Gasteiger partial charge in [0.25, 0.3) is 0 Å². The fourth-order valence-electron chi connectivity index (χ4n) is 0.900. The smallest absolute Gasteiger partial charge is 0.217 e. The van der Waals surface area contributed by atoms with Crippen LogP contribution in [0.1, 0.15) is 20.3 Å². The zero-order valence-corrected chi connectivity index (χ0v) is 10.3. The second kappa shape index (κ2) is 5.39. The molecule has 0 bridgehead atoms. The van der Waals surface area contributed by atoms with Crippen molar-refractivity contribution in [2.45, 2.75) is 46.0 Å². The number of nitrogens with one attached hydrogen (secondary N) is 1. The van der Waals surface area contributed by atoms with Crippen LogP contribution in [0.25, 0.3) is 0 Å². The first kappa shape index (κ1) is 12.6. The Bertz CT molecular complexity index is 165. The van der Waals surface area contributed by atoms with Crippen molar-refractivity contribution in [2.24, 2.45) is 0 Å². The van der Waals surface area contributed by atoms with Crippen LogP contribution < -0.4 is 5.32 Å². The van der Waals surface area contributed by atoms with E-state index in [0.29, 0.717) is 6.61 Å². The minimum Gasteiger partial charge on any atom is -0.416 e. The summed E-state index contributed by atoms with van der Waals surface area (Å²) in [6, 6.07) is 0.171. The van der Waals surface area contributed by atoms with Gasteiger partial charge in [-0.3, -0.25) is 4.79 Å². The summed E-state index contributed by atoms with van der Waals surface area (Å²) < 4.78 is 5.71. The van der Waals surface area contributed by atoms with Crippen LogP contribution in [-0.2, 0) is 9.22 Å². The summed E-state index contributed by atoms with van der Waals surface area (Å²) in [6.07, 6.45) is 0.921. The maximum absolute atomic E-state index is 10.8. The van der Waals surface area contributed by atoms with Gasteiger partial charge >= 0.3 is 0 Å². The van der Waals surface area contributed by atoms with E-state index in [0.717, 1.165) is 6.42 Å². The monoisotopic (exact) mass is 203 g/mol. The molecule has 0 radical (unpaired) electrons. The van der Waals surface area contributed by atoms with E-state index >= 15 is 0 Å². The third-order valence-corrected chi connectivity index (χ3v) is 2.65. The van der Waals surface area contributed by atoms with Gasteiger partial charge in [0, 0.05) is 6.92 Å². The van der Waals surface area contributed by atoms with Crippen molar-refractivity contribution in [3.05, 3.63) is 0 Å². The van der Waals surface area contributed by atoms with E-state index in [2.05, 4.69) is 25.0 Å². The first-order valence-electron chi connectivity index (χ1n) is 4.76. The standard InChI is InChI=1S/C9H21NO2Si/c1-6-9(10-8(2)11)7-12-13(3,4)5/h9H,6-7H2,1-5H3,(H,10,11). The summed E-state index contributed by atoms with van der Waals surface area (Å²) in [5.41, 5.74) is 0. The molecule has 3 nitrogen and oxygen atoms in total. The van der Waals surface area contributed by atoms with Crippen LogP contribution in [0.3, 0.4) is 0 Å². The molecule has 0 spiro atoms. The highest BCUT2D eigenvalue weighted by molar-refractivity contribution is 6.69. The lowest BCUT2D eigenvalue weighted by Gasteiger charge is -2.22. The van der Waals surface area contributed by atoms with Crippen molar-refractivity contribution in [3.63, 3.8) is 0 Å². The molecule has 0 fully saturated rings. The lowest BCUT2D eigenvalue weighted by atomic mass is 10.2. The summed E-state index contributed by atoms with van der Waals surface area (Å²) >= 11 is 0. The van der Waals surface area contributed by atoms with Gasteiger partial charge in [-0.1, -0.05) is 6.92 Å². The zero-order chi connectivity index (χ0) is 10.5. The summed E-state index contributed by atoms with van der Waals surface area (Å²) in [5.74, 6) is 0.0195. The van der Waals surface area contributed by atoms with E-state index in [-0.39, 0.29) is 11.9 Å². The Morgan fingerprint density at radius 2 is 2.00 bits per heavy atom. The van der Waals surface area contributed by atoms with Gasteiger partial charge in [0.15, 0.2) is 8.32 Å². The van der Waals surface area contributed by atoms with E-state index in [1.54, 1.807) is 0 Å². The number of carbonyl (C=O) groups excluding carboxylic acids is 1. The molecule has 0 aliphatic heterocycles. The highest BCUT2D eigenvalue weighted by Crippen LogP contribution is 2.04. The number of carbonyl (C=O) groups is 1. The molecule has 0 heterocycles. The van der Waals surface area contributed by atoms with Crippen LogP contribution in [0.4, 0.5) is 0 Å². The second-order valence-corrected chi connectivity index (χ2v) is 8.74. The highest BCUT2D eigenvalue weighted by Gasteiger charge is 2.17. The number of hydrogen-bond acceptors (Lipinski definition) is 2. The number of rotatable bonds is 5. The fourth-order valence-corrected chi connectivity index (χ4v) is 1.60. The molecule has 0 saturated heterocycles. The Morgan fingerprint density at radius 3 is 2.31 bits per heavy atom. The van der Waals surface area contributed by atoms with E-state index in [4.69, 9.17) is 4.43 Å². The number of amides is 1. The normalized spacial score (nSPS) is 13.9. The van der Waals surface area contributed by atoms with Gasteiger partial charge in [-0.15, -0.1) is 0 Å². The van der Waals surface area contributed by atoms with Gasteiger partial charge in [0.2, 0.25) is 5.91 Å². The molecule has 13 heavy (non-hydrogen) atoms. The third-order valence-electron chi connectivity index (χ3n) is 1.62. The first-order chi connectivity index (χ1) is 5.85. The molecule has 0 rings (SSSR count). The van der Waals surface area contributed by atoms with Crippen molar-refractivity contribution < 1.29 is 9.22 Å². The van der Waals surface area contributed by atoms with Crippen molar-refractivity contribution in [3.8, 4) is 0 Å². The minimum atomic E-state index is -1.44. The van der Waals surface area contributed by atoms with Crippen molar-refractivity contribution in [1.29, 1.82) is 0 Å². The maximum atomic E-state index is 10.8. The van der Waals surface area contributed by atoms with E-state index in [1.165, 1.54) is 6.92 Å². The van der Waals surface area contributed by atoms with Crippen LogP contribution in [0.15, 0.2) is 0 Å². The predicted octanol–water partition coefficient (Wildman–Crippen LogP) is 1.75. The Morgan fingerprint density at radius 1 is 1.46 bits per heavy atom. The molecule has 1 unspecified atom stereocenters. The molecular formula is C9H21NO2Si. The summed E-state index contributed by atoms with van der Waals surface area (Å²) in [7, 11) is -1.44. The molecule has 4 heteroatoms. The number of hydrogen-bond donors (Lipinski definition) is 1. The zero-order valence-electron chi connectivity index (χ0n) is 9.31. The lowest BCUT2D eigenvalue weighted by Crippen LogP contribution is -2.40. The molecule has 0 saturated carbocycles. The average molecular weight is 203 g/mol. The third kappa shape index (κ3) is 7.99. The molecule has 0 aromatic carbocycles. The topological polar surface area (TPSA) is 38.3 Å². The molecule has 78 valence electrons. The van der Waals surface area contributed by atoms with Crippen LogP contribution in [0.5, 0.6) is 0 Å². The van der Waals surface area contributed by atoms with Gasteiger partial charge in [-0.25, -0.2) is 0 Å². The van der Waals surface area contributed by atoms with Crippen molar-refractivity contribution in [1.82, 2.24) is 5.32 Å². The highest BCUT2D eigenvalue weighted by atomic mass is 28.4. The van der Waals surface area contributed by atoms with E-state index in [1.807, 2.05) is 6.92 Å². The first-order valence-corrected chi connectivity index (χ1v) is 8.17. The SMILES string of the molecule is CCC(CO[Si](C)(C)C)NC(C)=O. The van der Waals surface area contributed by atoms with Gasteiger partial charge in [-0.05, 0) is 26.1 Å². The molecule has 1 atom stereocenters. The van der Waals surface area contributed by atoms with Crippen molar-refractivity contribution >= 4 is 14.2 Å². The summed E-state index contributed by atoms with van der Waals surface area (Å²) in [4.78, 5) is 10.8. The van der Waals surface area contributed by atoms with Crippen LogP contribution >= 0.6 is 0 Å². The van der Waals surface area contributed by atoms with Gasteiger partial charge in [-0.2, -0.15) is 0 Å². The van der Waals surface area contributed by atoms with Crippen molar-refractivity contribution in [2.75, 3.05) is 6.61 Å². The van der Waals surface area contributed by atoms with E-state index < -0.39 is 8.32 Å². The predicted molar refractivity (Wildman–Crippen MR) is 57.2 cm³/mol. The fraction of sp³-hybridized carbons (Fsp3) is 0.889. The van der Waals surface area contributed by atoms with Gasteiger partial charge in [0.1, 0.15) is 0 Å². The molecule has 0 aliphatic rings. The summed E-state index contributed by atoms with van der Waals surface area (Å²) in [6.45, 7) is 10.7. The van der Waals surface area contributed by atoms with Crippen LogP contribution in [-0.4, -0.2) is 26.9 Å². The maximum Gasteiger partial charge on any atom is 0.217 e. The molecule has 0 aliphatic carbocycles. The largest absolute Gasteiger partial charge is 0.416 e. The minimum absolute atomic E-state index is 0.0195. The van der Waals surface area contributed by atoms with Crippen LogP contribution in [0.2, 0.25) is 19.6 Å². The Balaban J connectivity index is 3.79. The summed E-state index contributed by atoms with van der Waals surface area (Å²) in [5, 5.41) is 2.86. The molecule has 1 N–H and O–H groups in total. The molecule has 0 aromatic heterocycles. The van der Waals surface area contributed by atoms with Gasteiger partial charge in [0.05, 0.1) is 12.6 Å². The average Bonchev–Trinajstić information content (AvgIpc) is 1.95. The quantitative estimate of drug-likeness (QED) is 0.691. The molecule has 1 amide bonds.